The van der Waals surface area contributed by atoms with Gasteiger partial charge in [0.05, 0.1) is 29.5 Å². The van der Waals surface area contributed by atoms with Gasteiger partial charge in [0.15, 0.2) is 6.54 Å². The molecule has 1 saturated carbocycles. The predicted octanol–water partition coefficient (Wildman–Crippen LogP) is 2.50. The molecular weight excluding hydrogens is 634 g/mol. The average molecular weight is 676 g/mol. The van der Waals surface area contributed by atoms with E-state index in [4.69, 9.17) is 9.90 Å². The smallest absolute Gasteiger partial charge is 0.438 e. The minimum atomic E-state index is -5.19. The highest BCUT2D eigenvalue weighted by Crippen LogP contribution is 2.44. The molecule has 0 radical (unpaired) electrons. The van der Waals surface area contributed by atoms with Crippen molar-refractivity contribution in [2.45, 2.75) is 88.1 Å². The highest BCUT2D eigenvalue weighted by molar-refractivity contribution is 7.11. The lowest BCUT2D eigenvalue weighted by atomic mass is 9.71. The fraction of sp³-hybridized carbons (Fsp3) is 0.656. The van der Waals surface area contributed by atoms with Crippen molar-refractivity contribution < 1.29 is 51.3 Å². The number of aliphatic carboxylic acids is 1. The summed E-state index contributed by atoms with van der Waals surface area (Å²) in [7, 11) is 0. The molecule has 1 amide bonds. The molecule has 2 aromatic rings. The van der Waals surface area contributed by atoms with E-state index in [1.165, 1.54) is 37.7 Å². The Labute approximate surface area is 268 Å². The van der Waals surface area contributed by atoms with Crippen molar-refractivity contribution in [1.29, 1.82) is 0 Å². The van der Waals surface area contributed by atoms with Crippen molar-refractivity contribution >= 4 is 23.2 Å². The van der Waals surface area contributed by atoms with Crippen LogP contribution < -0.4 is 15.3 Å². The van der Waals surface area contributed by atoms with Crippen LogP contribution in [-0.4, -0.2) is 72.9 Å². The molecule has 0 bridgehead atoms. The van der Waals surface area contributed by atoms with E-state index in [1.807, 2.05) is 6.92 Å². The third kappa shape index (κ3) is 7.70. The van der Waals surface area contributed by atoms with Crippen LogP contribution in [0.25, 0.3) is 0 Å². The number of quaternary nitrogens is 2. The van der Waals surface area contributed by atoms with Crippen LogP contribution in [0.3, 0.4) is 0 Å². The van der Waals surface area contributed by atoms with E-state index in [9.17, 15) is 31.1 Å². The molecular formula is C32H41F6N4O3S+. The zero-order valence-electron chi connectivity index (χ0n) is 25.8. The molecule has 6 rings (SSSR count). The number of hydrogen-bond donors (Lipinski definition) is 2. The first-order valence-corrected chi connectivity index (χ1v) is 16.8. The molecule has 7 nitrogen and oxygen atoms in total. The zero-order valence-corrected chi connectivity index (χ0v) is 26.6. The van der Waals surface area contributed by atoms with Gasteiger partial charge >= 0.3 is 12.4 Å². The minimum Gasteiger partial charge on any atom is -0.542 e. The molecule has 1 aromatic carbocycles. The number of carboxylic acid groups (broad SMARTS) is 1. The predicted molar refractivity (Wildman–Crippen MR) is 156 cm³/mol. The second-order valence-corrected chi connectivity index (χ2v) is 14.5. The van der Waals surface area contributed by atoms with Gasteiger partial charge < -0.3 is 25.0 Å². The first kappa shape index (κ1) is 34.6. The van der Waals surface area contributed by atoms with Gasteiger partial charge in [-0.05, 0) is 50.0 Å². The Morgan fingerprint density at radius 1 is 1.09 bits per heavy atom. The largest absolute Gasteiger partial charge is 0.542 e. The molecule has 1 unspecified atom stereocenters. The van der Waals surface area contributed by atoms with Crippen LogP contribution in [0.5, 0.6) is 0 Å². The van der Waals surface area contributed by atoms with E-state index in [-0.39, 0.29) is 24.4 Å². The lowest BCUT2D eigenvalue weighted by molar-refractivity contribution is -0.931. The van der Waals surface area contributed by atoms with E-state index in [0.717, 1.165) is 35.0 Å². The van der Waals surface area contributed by atoms with Crippen LogP contribution in [-0.2, 0) is 21.5 Å². The summed E-state index contributed by atoms with van der Waals surface area (Å²) in [5.41, 5.74) is 1.56. The topological polar surface area (TPSA) is 94.4 Å². The number of amides is 1. The molecule has 1 spiro atoms. The summed E-state index contributed by atoms with van der Waals surface area (Å²) < 4.78 is 72.2. The first-order chi connectivity index (χ1) is 21.7. The van der Waals surface area contributed by atoms with Crippen molar-refractivity contribution in [3.63, 3.8) is 0 Å². The summed E-state index contributed by atoms with van der Waals surface area (Å²) >= 11 is 1.60. The van der Waals surface area contributed by atoms with Crippen molar-refractivity contribution in [2.24, 2.45) is 11.8 Å². The number of thiazole rings is 1. The number of carboxylic acids is 1. The highest BCUT2D eigenvalue weighted by Gasteiger charge is 2.60. The molecule has 254 valence electrons. The lowest BCUT2D eigenvalue weighted by Crippen LogP contribution is -3.15. The molecule has 46 heavy (non-hydrogen) atoms. The van der Waals surface area contributed by atoms with E-state index < -0.39 is 30.3 Å². The summed E-state index contributed by atoms with van der Waals surface area (Å²) in [4.78, 5) is 31.9. The fourth-order valence-electron chi connectivity index (χ4n) is 8.34. The number of piperidine rings is 1. The Kier molecular flexibility index (Phi) is 10.4. The summed E-state index contributed by atoms with van der Waals surface area (Å²) in [6.45, 7) is 3.73. The summed E-state index contributed by atoms with van der Waals surface area (Å²) in [5, 5.41) is 11.8. The van der Waals surface area contributed by atoms with Gasteiger partial charge in [-0.15, -0.1) is 11.3 Å². The molecule has 14 heteroatoms. The quantitative estimate of drug-likeness (QED) is 0.488. The zero-order chi connectivity index (χ0) is 33.3. The Morgan fingerprint density at radius 2 is 1.76 bits per heavy atom. The molecule has 1 aromatic heterocycles. The van der Waals surface area contributed by atoms with E-state index >= 15 is 0 Å². The van der Waals surface area contributed by atoms with Gasteiger partial charge in [-0.1, -0.05) is 49.6 Å². The minimum absolute atomic E-state index is 0.177. The van der Waals surface area contributed by atoms with Crippen molar-refractivity contribution in [3.05, 3.63) is 51.5 Å². The number of nitrogens with one attached hydrogen (secondary N) is 1. The molecule has 4 heterocycles. The van der Waals surface area contributed by atoms with Gasteiger partial charge in [0.2, 0.25) is 5.91 Å². The summed E-state index contributed by atoms with van der Waals surface area (Å²) in [5.74, 6) is -2.18. The number of aryl methyl sites for hydroxylation is 1. The van der Waals surface area contributed by atoms with Crippen LogP contribution in [0.2, 0.25) is 0 Å². The maximum absolute atomic E-state index is 14.6. The second-order valence-electron chi connectivity index (χ2n) is 13.3. The monoisotopic (exact) mass is 675 g/mol. The van der Waals surface area contributed by atoms with Crippen LogP contribution in [0.15, 0.2) is 30.3 Å². The van der Waals surface area contributed by atoms with Gasteiger partial charge in [0.25, 0.3) is 0 Å². The molecule has 1 aliphatic carbocycles. The Morgan fingerprint density at radius 3 is 2.39 bits per heavy atom. The molecule has 4 aliphatic rings. The average Bonchev–Trinajstić information content (AvgIpc) is 3.60. The third-order valence-electron chi connectivity index (χ3n) is 10.2. The maximum Gasteiger partial charge on any atom is 0.438 e. The third-order valence-corrected chi connectivity index (χ3v) is 11.4. The Bertz CT molecular complexity index is 1360. The number of likely N-dealkylation sites (tertiary alicyclic amines) is 1. The van der Waals surface area contributed by atoms with Crippen molar-refractivity contribution in [2.75, 3.05) is 32.7 Å². The van der Waals surface area contributed by atoms with Crippen LogP contribution in [0, 0.1) is 18.8 Å². The number of nitrogens with two attached hydrogens (primary N) is 1. The van der Waals surface area contributed by atoms with E-state index in [1.54, 1.807) is 11.3 Å². The standard InChI is InChI=1S/C30H39F3N4OS.C2HF3O2/c1-20-35-25-16-36(19-30(31,32)33)18-29(27(25)39-20)17-34-15-24(29)28(38)37-13-12-23(21-8-4-2-5-9-21)14-26(37)22-10-6-3-7-11-22;3-2(4,5)1(6)7/h2,4-5,8-9,22-24,26,34H,3,6-7,10-19H2,1H3;(H,6,7)/p+1/t23-,24+,26+,29+;/m1./s1. The molecule has 3 aliphatic heterocycles. The van der Waals surface area contributed by atoms with Crippen molar-refractivity contribution in [3.8, 4) is 0 Å². The maximum atomic E-state index is 14.6. The number of alkyl halides is 6. The van der Waals surface area contributed by atoms with Gasteiger partial charge in [0, 0.05) is 12.6 Å². The number of nitrogens with zero attached hydrogens (tertiary/aromatic N) is 2. The van der Waals surface area contributed by atoms with Gasteiger partial charge in [-0.3, -0.25) is 4.79 Å². The number of carbonyl (C=O) groups excluding carboxylic acids is 2. The number of halogens is 6. The Balaban J connectivity index is 0.000000537. The van der Waals surface area contributed by atoms with Gasteiger partial charge in [-0.2, -0.15) is 26.3 Å². The highest BCUT2D eigenvalue weighted by atomic mass is 32.1. The lowest BCUT2D eigenvalue weighted by Gasteiger charge is -2.47. The van der Waals surface area contributed by atoms with Crippen molar-refractivity contribution in [1.82, 2.24) is 9.88 Å². The Hall–Kier alpha value is -2.71. The molecule has 5 atom stereocenters. The molecule has 3 fully saturated rings. The first-order valence-electron chi connectivity index (χ1n) is 16.0. The summed E-state index contributed by atoms with van der Waals surface area (Å²) in [6.07, 6.45) is -1.46. The number of carbonyl (C=O) groups is 2. The normalized spacial score (nSPS) is 28.8. The fourth-order valence-corrected chi connectivity index (χ4v) is 9.52. The van der Waals surface area contributed by atoms with Crippen LogP contribution in [0.4, 0.5) is 26.3 Å². The van der Waals surface area contributed by atoms with Gasteiger partial charge in [-0.25, -0.2) is 4.98 Å². The number of aromatic nitrogens is 1. The molecule has 2 saturated heterocycles. The number of rotatable bonds is 4. The number of fused-ring (bicyclic) bond motifs is 2. The number of benzene rings is 1. The van der Waals surface area contributed by atoms with Crippen LogP contribution in [0.1, 0.15) is 72.0 Å². The van der Waals surface area contributed by atoms with E-state index in [2.05, 4.69) is 45.5 Å². The van der Waals surface area contributed by atoms with E-state index in [0.29, 0.717) is 36.4 Å². The second kappa shape index (κ2) is 13.8. The molecule has 3 N–H and O–H groups in total. The van der Waals surface area contributed by atoms with Crippen LogP contribution >= 0.6 is 11.3 Å². The SMILES string of the molecule is Cc1nc2c(s1)[C@@]1(C[NH2+]C[C@H]1C(=O)N1CC[C@@H](c3ccccc3)C[C@H]1C1CCCCC1)C[NH+](CC(F)(F)F)C2.O=C([O-])C(F)(F)F. The summed E-state index contributed by atoms with van der Waals surface area (Å²) in [6, 6.07) is 10.9. The van der Waals surface area contributed by atoms with Gasteiger partial charge in [0.1, 0.15) is 29.5 Å². The number of hydrogen-bond acceptors (Lipinski definition) is 5.